The predicted octanol–water partition coefficient (Wildman–Crippen LogP) is 4.78. The van der Waals surface area contributed by atoms with Crippen molar-refractivity contribution in [2.24, 2.45) is 0 Å². The molecule has 3 rings (SSSR count). The van der Waals surface area contributed by atoms with Crippen molar-refractivity contribution in [1.29, 1.82) is 0 Å². The Balaban J connectivity index is 2.12. The molecule has 0 fully saturated rings. The summed E-state index contributed by atoms with van der Waals surface area (Å²) in [5, 5.41) is 0. The van der Waals surface area contributed by atoms with Crippen LogP contribution in [0.2, 0.25) is 0 Å². The predicted molar refractivity (Wildman–Crippen MR) is 91.2 cm³/mol. The van der Waals surface area contributed by atoms with E-state index in [0.29, 0.717) is 0 Å². The highest BCUT2D eigenvalue weighted by molar-refractivity contribution is 9.11. The van der Waals surface area contributed by atoms with Crippen LogP contribution in [0.4, 0.5) is 0 Å². The van der Waals surface area contributed by atoms with E-state index in [2.05, 4.69) is 61.7 Å². The van der Waals surface area contributed by atoms with Crippen molar-refractivity contribution in [3.05, 3.63) is 54.0 Å². The lowest BCUT2D eigenvalue weighted by Gasteiger charge is -2.10. The molecule has 0 amide bonds. The maximum Gasteiger partial charge on any atom is 0.323 e. The summed E-state index contributed by atoms with van der Waals surface area (Å²) in [5.74, 6) is 0. The van der Waals surface area contributed by atoms with E-state index in [1.54, 1.807) is 11.3 Å². The third kappa shape index (κ3) is 2.40. The van der Waals surface area contributed by atoms with Crippen LogP contribution in [0.15, 0.2) is 27.5 Å². The second kappa shape index (κ2) is 5.16. The number of benzene rings is 1. The lowest BCUT2D eigenvalue weighted by atomic mass is 10.1. The summed E-state index contributed by atoms with van der Waals surface area (Å²) in [5.41, 5.74) is 3.86. The van der Waals surface area contributed by atoms with E-state index in [1.807, 2.05) is 12.1 Å². The molecule has 104 valence electrons. The number of halogens is 2. The van der Waals surface area contributed by atoms with Crippen molar-refractivity contribution in [3.63, 3.8) is 0 Å². The number of H-pyrrole nitrogens is 2. The molecule has 1 atom stereocenters. The summed E-state index contributed by atoms with van der Waals surface area (Å²) < 4.78 is 0.978. The van der Waals surface area contributed by atoms with Crippen LogP contribution in [0.3, 0.4) is 0 Å². The number of thiophene rings is 1. The van der Waals surface area contributed by atoms with E-state index >= 15 is 0 Å². The standard InChI is InChI=1S/C14H12Br2N2OS/c1-6-3-12(20-7(6)2)13(16)8-4-10-11(5-9(8)15)18-14(19)17-10/h3-5,13H,1-2H3,(H2,17,18,19). The molecule has 0 saturated carbocycles. The number of hydrogen-bond donors (Lipinski definition) is 2. The van der Waals surface area contributed by atoms with Crippen LogP contribution in [-0.4, -0.2) is 9.97 Å². The van der Waals surface area contributed by atoms with Crippen molar-refractivity contribution in [2.75, 3.05) is 0 Å². The molecule has 20 heavy (non-hydrogen) atoms. The lowest BCUT2D eigenvalue weighted by molar-refractivity contribution is 1.20. The van der Waals surface area contributed by atoms with Gasteiger partial charge in [0.2, 0.25) is 0 Å². The van der Waals surface area contributed by atoms with Gasteiger partial charge in [0, 0.05) is 14.2 Å². The smallest absolute Gasteiger partial charge is 0.306 e. The van der Waals surface area contributed by atoms with Crippen LogP contribution in [0, 0.1) is 13.8 Å². The van der Waals surface area contributed by atoms with Gasteiger partial charge in [-0.1, -0.05) is 31.9 Å². The molecule has 2 N–H and O–H groups in total. The average Bonchev–Trinajstić information content (AvgIpc) is 2.90. The van der Waals surface area contributed by atoms with Gasteiger partial charge in [0.25, 0.3) is 0 Å². The fourth-order valence-corrected chi connectivity index (χ4v) is 4.86. The summed E-state index contributed by atoms with van der Waals surface area (Å²) in [6.45, 7) is 4.25. The number of aryl methyl sites for hydroxylation is 2. The number of rotatable bonds is 2. The molecule has 3 aromatic rings. The monoisotopic (exact) mass is 414 g/mol. The molecular formula is C14H12Br2N2OS. The Morgan fingerprint density at radius 3 is 2.40 bits per heavy atom. The SMILES string of the molecule is Cc1cc(C(Br)c2cc3[nH]c(=O)[nH]c3cc2Br)sc1C. The van der Waals surface area contributed by atoms with Gasteiger partial charge >= 0.3 is 5.69 Å². The van der Waals surface area contributed by atoms with Gasteiger partial charge in [-0.2, -0.15) is 0 Å². The normalized spacial score (nSPS) is 13.0. The Labute approximate surface area is 136 Å². The second-order valence-corrected chi connectivity index (χ2v) is 7.81. The van der Waals surface area contributed by atoms with Crippen LogP contribution in [-0.2, 0) is 0 Å². The molecule has 1 unspecified atom stereocenters. The van der Waals surface area contributed by atoms with Crippen molar-refractivity contribution in [2.45, 2.75) is 18.7 Å². The quantitative estimate of drug-likeness (QED) is 0.581. The Morgan fingerprint density at radius 2 is 1.80 bits per heavy atom. The van der Waals surface area contributed by atoms with Crippen LogP contribution >= 0.6 is 43.2 Å². The van der Waals surface area contributed by atoms with Crippen molar-refractivity contribution >= 4 is 54.2 Å². The van der Waals surface area contributed by atoms with E-state index in [-0.39, 0.29) is 10.5 Å². The molecule has 1 aromatic carbocycles. The fraction of sp³-hybridized carbons (Fsp3) is 0.214. The van der Waals surface area contributed by atoms with E-state index in [0.717, 1.165) is 21.1 Å². The molecular weight excluding hydrogens is 404 g/mol. The van der Waals surface area contributed by atoms with E-state index in [9.17, 15) is 4.79 Å². The highest BCUT2D eigenvalue weighted by atomic mass is 79.9. The molecule has 0 aliphatic heterocycles. The Kier molecular flexibility index (Phi) is 3.64. The van der Waals surface area contributed by atoms with Crippen LogP contribution in [0.1, 0.15) is 25.7 Å². The molecule has 2 aromatic heterocycles. The zero-order chi connectivity index (χ0) is 14.4. The maximum atomic E-state index is 11.4. The molecule has 0 aliphatic carbocycles. The third-order valence-corrected chi connectivity index (χ3v) is 6.53. The minimum atomic E-state index is -0.182. The highest BCUT2D eigenvalue weighted by Gasteiger charge is 2.18. The zero-order valence-corrected chi connectivity index (χ0v) is 14.9. The summed E-state index contributed by atoms with van der Waals surface area (Å²) in [4.78, 5) is 19.6. The molecule has 6 heteroatoms. The maximum absolute atomic E-state index is 11.4. The number of aromatic amines is 2. The van der Waals surface area contributed by atoms with Crippen molar-refractivity contribution in [1.82, 2.24) is 9.97 Å². The third-order valence-electron chi connectivity index (χ3n) is 3.34. The van der Waals surface area contributed by atoms with E-state index in [4.69, 9.17) is 0 Å². The number of imidazole rings is 1. The molecule has 0 aliphatic rings. The number of aromatic nitrogens is 2. The first-order chi connectivity index (χ1) is 9.45. The fourth-order valence-electron chi connectivity index (χ4n) is 2.15. The topological polar surface area (TPSA) is 48.6 Å². The van der Waals surface area contributed by atoms with Crippen LogP contribution in [0.5, 0.6) is 0 Å². The summed E-state index contributed by atoms with van der Waals surface area (Å²) in [6, 6.07) is 6.14. The largest absolute Gasteiger partial charge is 0.323 e. The van der Waals surface area contributed by atoms with Gasteiger partial charge in [-0.05, 0) is 43.2 Å². The minimum absolute atomic E-state index is 0.108. The zero-order valence-electron chi connectivity index (χ0n) is 10.9. The van der Waals surface area contributed by atoms with E-state index < -0.39 is 0 Å². The van der Waals surface area contributed by atoms with Gasteiger partial charge in [0.15, 0.2) is 0 Å². The minimum Gasteiger partial charge on any atom is -0.306 e. The summed E-state index contributed by atoms with van der Waals surface area (Å²) in [7, 11) is 0. The summed E-state index contributed by atoms with van der Waals surface area (Å²) in [6.07, 6.45) is 0. The van der Waals surface area contributed by atoms with E-state index in [1.165, 1.54) is 15.3 Å². The van der Waals surface area contributed by atoms with Gasteiger partial charge in [-0.3, -0.25) is 0 Å². The summed E-state index contributed by atoms with van der Waals surface area (Å²) >= 11 is 9.14. The molecule has 0 bridgehead atoms. The number of nitrogens with one attached hydrogen (secondary N) is 2. The van der Waals surface area contributed by atoms with Gasteiger partial charge in [-0.15, -0.1) is 11.3 Å². The molecule has 0 saturated heterocycles. The molecule has 3 nitrogen and oxygen atoms in total. The lowest BCUT2D eigenvalue weighted by Crippen LogP contribution is -1.99. The second-order valence-electron chi connectivity index (χ2n) is 4.75. The van der Waals surface area contributed by atoms with Crippen molar-refractivity contribution in [3.8, 4) is 0 Å². The van der Waals surface area contributed by atoms with Crippen LogP contribution < -0.4 is 5.69 Å². The highest BCUT2D eigenvalue weighted by Crippen LogP contribution is 2.40. The molecule has 0 spiro atoms. The van der Waals surface area contributed by atoms with Gasteiger partial charge < -0.3 is 9.97 Å². The molecule has 0 radical (unpaired) electrons. The first-order valence-electron chi connectivity index (χ1n) is 6.08. The Hall–Kier alpha value is -0.850. The van der Waals surface area contributed by atoms with Crippen LogP contribution in [0.25, 0.3) is 11.0 Å². The van der Waals surface area contributed by atoms with Gasteiger partial charge in [0.05, 0.1) is 15.9 Å². The number of hydrogen-bond acceptors (Lipinski definition) is 2. The number of alkyl halides is 1. The van der Waals surface area contributed by atoms with Gasteiger partial charge in [0.1, 0.15) is 0 Å². The number of fused-ring (bicyclic) bond motifs is 1. The first kappa shape index (κ1) is 14.1. The van der Waals surface area contributed by atoms with Gasteiger partial charge in [-0.25, -0.2) is 4.79 Å². The molecule has 2 heterocycles. The Bertz CT molecular complexity index is 827. The Morgan fingerprint density at radius 1 is 1.15 bits per heavy atom. The average molecular weight is 416 g/mol. The first-order valence-corrected chi connectivity index (χ1v) is 8.60. The van der Waals surface area contributed by atoms with Crippen molar-refractivity contribution < 1.29 is 0 Å².